The molecule has 0 aliphatic carbocycles. The topological polar surface area (TPSA) is 41.9 Å². The van der Waals surface area contributed by atoms with Crippen LogP contribution in [0.2, 0.25) is 0 Å². The lowest BCUT2D eigenvalue weighted by atomic mass is 10.2. The number of ether oxygens (including phenoxy) is 1. The van der Waals surface area contributed by atoms with Crippen molar-refractivity contribution in [3.05, 3.63) is 35.9 Å². The minimum atomic E-state index is -4.50. The number of nitrogens with zero attached hydrogens (tertiary/aromatic N) is 2. The summed E-state index contributed by atoms with van der Waals surface area (Å²) >= 11 is 0. The first-order chi connectivity index (χ1) is 10.1. The summed E-state index contributed by atoms with van der Waals surface area (Å²) in [4.78, 5) is 16.8. The molecule has 0 aromatic heterocycles. The van der Waals surface area contributed by atoms with Crippen LogP contribution in [0.1, 0.15) is 26.3 Å². The largest absolute Gasteiger partial charge is 0.443 e. The standard InChI is InChI=1S/C15H17F3N2O2/c1-14(2,3)22-13(21)20-9-11(15(16,17)18)19-12(20)10-7-5-4-6-8-10/h4-8,11H,9H2,1-3H3/t11-/m1/s1. The monoisotopic (exact) mass is 314 g/mol. The Labute approximate surface area is 126 Å². The lowest BCUT2D eigenvalue weighted by molar-refractivity contribution is -0.145. The molecule has 0 saturated heterocycles. The van der Waals surface area contributed by atoms with E-state index in [1.54, 1.807) is 51.1 Å². The Balaban J connectivity index is 2.33. The summed E-state index contributed by atoms with van der Waals surface area (Å²) < 4.78 is 44.0. The zero-order valence-corrected chi connectivity index (χ0v) is 12.5. The summed E-state index contributed by atoms with van der Waals surface area (Å²) in [7, 11) is 0. The number of carbonyl (C=O) groups excluding carboxylic acids is 1. The number of alkyl halides is 3. The first-order valence-electron chi connectivity index (χ1n) is 6.78. The molecule has 0 radical (unpaired) electrons. The summed E-state index contributed by atoms with van der Waals surface area (Å²) in [6.07, 6.45) is -5.33. The average Bonchev–Trinajstić information content (AvgIpc) is 2.82. The SMILES string of the molecule is CC(C)(C)OC(=O)N1C[C@H](C(F)(F)F)N=C1c1ccccc1. The minimum Gasteiger partial charge on any atom is -0.443 e. The van der Waals surface area contributed by atoms with Gasteiger partial charge in [-0.25, -0.2) is 4.79 Å². The van der Waals surface area contributed by atoms with Crippen LogP contribution in [0.3, 0.4) is 0 Å². The molecule has 1 atom stereocenters. The number of rotatable bonds is 1. The Kier molecular flexibility index (Phi) is 4.17. The van der Waals surface area contributed by atoms with E-state index < -0.39 is 30.5 Å². The zero-order chi connectivity index (χ0) is 16.5. The average molecular weight is 314 g/mol. The molecule has 0 fully saturated rings. The molecule has 0 bridgehead atoms. The number of halogens is 3. The van der Waals surface area contributed by atoms with Crippen molar-refractivity contribution < 1.29 is 22.7 Å². The van der Waals surface area contributed by atoms with Gasteiger partial charge in [0.2, 0.25) is 0 Å². The van der Waals surface area contributed by atoms with Gasteiger partial charge in [0.15, 0.2) is 6.04 Å². The molecule has 0 spiro atoms. The summed E-state index contributed by atoms with van der Waals surface area (Å²) in [5.74, 6) is -0.0165. The van der Waals surface area contributed by atoms with E-state index in [1.807, 2.05) is 0 Å². The number of benzene rings is 1. The van der Waals surface area contributed by atoms with Crippen LogP contribution in [0.4, 0.5) is 18.0 Å². The van der Waals surface area contributed by atoms with E-state index in [-0.39, 0.29) is 5.84 Å². The van der Waals surface area contributed by atoms with E-state index in [9.17, 15) is 18.0 Å². The van der Waals surface area contributed by atoms with Crippen molar-refractivity contribution >= 4 is 11.9 Å². The third-order valence-corrected chi connectivity index (χ3v) is 2.91. The molecule has 1 aliphatic rings. The van der Waals surface area contributed by atoms with Gasteiger partial charge in [0, 0.05) is 5.56 Å². The zero-order valence-electron chi connectivity index (χ0n) is 12.5. The fourth-order valence-electron chi connectivity index (χ4n) is 1.99. The smallest absolute Gasteiger partial charge is 0.416 e. The fourth-order valence-corrected chi connectivity index (χ4v) is 1.99. The molecule has 1 amide bonds. The van der Waals surface area contributed by atoms with E-state index in [0.717, 1.165) is 4.90 Å². The Morgan fingerprint density at radius 1 is 1.23 bits per heavy atom. The highest BCUT2D eigenvalue weighted by Gasteiger charge is 2.47. The molecule has 1 heterocycles. The van der Waals surface area contributed by atoms with Gasteiger partial charge in [-0.05, 0) is 20.8 Å². The molecule has 0 saturated carbocycles. The summed E-state index contributed by atoms with van der Waals surface area (Å²) in [5, 5.41) is 0. The maximum absolute atomic E-state index is 12.9. The van der Waals surface area contributed by atoms with Gasteiger partial charge in [0.25, 0.3) is 0 Å². The van der Waals surface area contributed by atoms with Gasteiger partial charge in [-0.3, -0.25) is 9.89 Å². The van der Waals surface area contributed by atoms with Crippen LogP contribution in [0, 0.1) is 0 Å². The van der Waals surface area contributed by atoms with Crippen LogP contribution in [-0.4, -0.2) is 41.2 Å². The number of hydrogen-bond donors (Lipinski definition) is 0. The third kappa shape index (κ3) is 3.78. The van der Waals surface area contributed by atoms with E-state index in [4.69, 9.17) is 4.74 Å². The highest BCUT2D eigenvalue weighted by atomic mass is 19.4. The van der Waals surface area contributed by atoms with Crippen molar-refractivity contribution in [1.29, 1.82) is 0 Å². The van der Waals surface area contributed by atoms with Crippen molar-refractivity contribution in [2.75, 3.05) is 6.54 Å². The van der Waals surface area contributed by atoms with E-state index in [0.29, 0.717) is 5.56 Å². The van der Waals surface area contributed by atoms with Crippen LogP contribution >= 0.6 is 0 Å². The molecular weight excluding hydrogens is 297 g/mol. The Bertz CT molecular complexity index is 577. The van der Waals surface area contributed by atoms with Crippen LogP contribution in [-0.2, 0) is 4.74 Å². The van der Waals surface area contributed by atoms with Crippen molar-refractivity contribution in [3.8, 4) is 0 Å². The predicted molar refractivity (Wildman–Crippen MR) is 75.8 cm³/mol. The van der Waals surface area contributed by atoms with Gasteiger partial charge in [0.05, 0.1) is 6.54 Å². The number of hydrogen-bond acceptors (Lipinski definition) is 3. The van der Waals surface area contributed by atoms with Gasteiger partial charge < -0.3 is 4.74 Å². The Morgan fingerprint density at radius 3 is 2.32 bits per heavy atom. The molecule has 1 aromatic carbocycles. The molecule has 0 unspecified atom stereocenters. The molecule has 2 rings (SSSR count). The quantitative estimate of drug-likeness (QED) is 0.794. The first-order valence-corrected chi connectivity index (χ1v) is 6.78. The molecule has 120 valence electrons. The second-order valence-corrected chi connectivity index (χ2v) is 5.97. The lowest BCUT2D eigenvalue weighted by Crippen LogP contribution is -2.42. The van der Waals surface area contributed by atoms with Gasteiger partial charge in [0.1, 0.15) is 11.4 Å². The molecule has 1 aliphatic heterocycles. The van der Waals surface area contributed by atoms with Crippen LogP contribution in [0.5, 0.6) is 0 Å². The molecule has 7 heteroatoms. The van der Waals surface area contributed by atoms with Crippen molar-refractivity contribution in [2.45, 2.75) is 38.6 Å². The first kappa shape index (κ1) is 16.3. The van der Waals surface area contributed by atoms with Gasteiger partial charge in [-0.15, -0.1) is 0 Å². The third-order valence-electron chi connectivity index (χ3n) is 2.91. The number of amides is 1. The highest BCUT2D eigenvalue weighted by molar-refractivity contribution is 6.07. The van der Waals surface area contributed by atoms with E-state index in [2.05, 4.69) is 4.99 Å². The minimum absolute atomic E-state index is 0.0165. The maximum Gasteiger partial charge on any atom is 0.416 e. The Hall–Kier alpha value is -2.05. The van der Waals surface area contributed by atoms with Gasteiger partial charge in [-0.2, -0.15) is 13.2 Å². The van der Waals surface area contributed by atoms with Crippen molar-refractivity contribution in [3.63, 3.8) is 0 Å². The highest BCUT2D eigenvalue weighted by Crippen LogP contribution is 2.30. The fraction of sp³-hybridized carbons (Fsp3) is 0.467. The van der Waals surface area contributed by atoms with E-state index in [1.165, 1.54) is 0 Å². The number of amidine groups is 1. The second kappa shape index (κ2) is 5.62. The molecule has 22 heavy (non-hydrogen) atoms. The molecular formula is C15H17F3N2O2. The van der Waals surface area contributed by atoms with Crippen molar-refractivity contribution in [2.24, 2.45) is 4.99 Å². The maximum atomic E-state index is 12.9. The number of carbonyl (C=O) groups is 1. The van der Waals surface area contributed by atoms with Crippen LogP contribution < -0.4 is 0 Å². The lowest BCUT2D eigenvalue weighted by Gasteiger charge is -2.25. The van der Waals surface area contributed by atoms with Crippen molar-refractivity contribution in [1.82, 2.24) is 4.90 Å². The van der Waals surface area contributed by atoms with Gasteiger partial charge >= 0.3 is 12.3 Å². The van der Waals surface area contributed by atoms with E-state index >= 15 is 0 Å². The van der Waals surface area contributed by atoms with Crippen LogP contribution in [0.25, 0.3) is 0 Å². The van der Waals surface area contributed by atoms with Gasteiger partial charge in [-0.1, -0.05) is 30.3 Å². The summed E-state index contributed by atoms with van der Waals surface area (Å²) in [6.45, 7) is 4.40. The number of aliphatic imine (C=N–C) groups is 1. The van der Waals surface area contributed by atoms with Crippen LogP contribution in [0.15, 0.2) is 35.3 Å². The molecule has 1 aromatic rings. The molecule has 4 nitrogen and oxygen atoms in total. The Morgan fingerprint density at radius 2 is 1.82 bits per heavy atom. The summed E-state index contributed by atoms with van der Waals surface area (Å²) in [5.41, 5.74) is -0.352. The molecule has 0 N–H and O–H groups in total. The summed E-state index contributed by atoms with van der Waals surface area (Å²) in [6, 6.07) is 6.36. The normalized spacial score (nSPS) is 19.1. The predicted octanol–water partition coefficient (Wildman–Crippen LogP) is 3.61. The second-order valence-electron chi connectivity index (χ2n) is 5.97.